The number of nitrogens with one attached hydrogen (secondary N) is 3. The van der Waals surface area contributed by atoms with Gasteiger partial charge in [0, 0.05) is 6.04 Å². The van der Waals surface area contributed by atoms with Crippen molar-refractivity contribution in [3.63, 3.8) is 0 Å². The number of urea groups is 1. The molecule has 26 heavy (non-hydrogen) atoms. The van der Waals surface area contributed by atoms with Crippen LogP contribution in [-0.2, 0) is 0 Å². The van der Waals surface area contributed by atoms with Gasteiger partial charge in [-0.15, -0.1) is 0 Å². The summed E-state index contributed by atoms with van der Waals surface area (Å²) in [5.74, 6) is 1.30. The number of ether oxygens (including phenoxy) is 1. The number of benzene rings is 1. The lowest BCUT2D eigenvalue weighted by molar-refractivity contribution is 0.244. The fraction of sp³-hybridized carbons (Fsp3) is 0.400. The molecule has 0 radical (unpaired) electrons. The van der Waals surface area contributed by atoms with E-state index in [4.69, 9.17) is 4.74 Å². The third-order valence-electron chi connectivity index (χ3n) is 4.58. The molecule has 1 aromatic carbocycles. The molecule has 3 rings (SSSR count). The van der Waals surface area contributed by atoms with Crippen LogP contribution in [0, 0.1) is 6.92 Å². The average molecular weight is 354 g/mol. The molecule has 0 unspecified atom stereocenters. The minimum absolute atomic E-state index is 0.189. The number of hydrogen-bond donors (Lipinski definition) is 3. The Labute approximate surface area is 154 Å². The molecular weight excluding hydrogens is 328 g/mol. The summed E-state index contributed by atoms with van der Waals surface area (Å²) in [4.78, 5) is 16.4. The Morgan fingerprint density at radius 3 is 2.65 bits per heavy atom. The normalized spacial score (nSPS) is 14.5. The second-order valence-corrected chi connectivity index (χ2v) is 6.69. The van der Waals surface area contributed by atoms with Gasteiger partial charge in [-0.1, -0.05) is 25.3 Å². The van der Waals surface area contributed by atoms with Crippen molar-refractivity contribution in [1.82, 2.24) is 10.3 Å². The van der Waals surface area contributed by atoms with Gasteiger partial charge >= 0.3 is 6.03 Å². The molecule has 0 saturated heterocycles. The van der Waals surface area contributed by atoms with Gasteiger partial charge in [0.2, 0.25) is 0 Å². The zero-order valence-electron chi connectivity index (χ0n) is 15.3. The van der Waals surface area contributed by atoms with E-state index in [1.54, 1.807) is 19.4 Å². The summed E-state index contributed by atoms with van der Waals surface area (Å²) in [6.07, 6.45) is 7.45. The Kier molecular flexibility index (Phi) is 5.94. The SMILES string of the molecule is COc1ccc(C)cc1Nc1ccc(NC(=O)NC2CCCCC2)nc1. The number of hydrogen-bond acceptors (Lipinski definition) is 4. The molecule has 0 spiro atoms. The molecule has 1 saturated carbocycles. The minimum Gasteiger partial charge on any atom is -0.495 e. The minimum atomic E-state index is -0.189. The van der Waals surface area contributed by atoms with E-state index in [9.17, 15) is 4.79 Å². The molecule has 1 heterocycles. The summed E-state index contributed by atoms with van der Waals surface area (Å²) in [5, 5.41) is 9.11. The van der Waals surface area contributed by atoms with Crippen molar-refractivity contribution in [3.8, 4) is 5.75 Å². The van der Waals surface area contributed by atoms with Crippen molar-refractivity contribution >= 4 is 23.2 Å². The standard InChI is InChI=1S/C20H26N4O2/c1-14-8-10-18(26-2)17(12-14)22-16-9-11-19(21-13-16)24-20(25)23-15-6-4-3-5-7-15/h8-13,15,22H,3-7H2,1-2H3,(H2,21,23,24,25). The summed E-state index contributed by atoms with van der Waals surface area (Å²) >= 11 is 0. The number of anilines is 3. The van der Waals surface area contributed by atoms with Crippen LogP contribution in [0.25, 0.3) is 0 Å². The monoisotopic (exact) mass is 354 g/mol. The second-order valence-electron chi connectivity index (χ2n) is 6.69. The van der Waals surface area contributed by atoms with Crippen LogP contribution in [0.1, 0.15) is 37.7 Å². The van der Waals surface area contributed by atoms with Gasteiger partial charge in [0.1, 0.15) is 11.6 Å². The molecule has 6 heteroatoms. The van der Waals surface area contributed by atoms with Crippen LogP contribution in [0.5, 0.6) is 5.75 Å². The molecule has 138 valence electrons. The molecule has 1 aromatic heterocycles. The number of methoxy groups -OCH3 is 1. The van der Waals surface area contributed by atoms with E-state index >= 15 is 0 Å². The van der Waals surface area contributed by atoms with Crippen molar-refractivity contribution in [1.29, 1.82) is 0 Å². The highest BCUT2D eigenvalue weighted by atomic mass is 16.5. The van der Waals surface area contributed by atoms with Crippen molar-refractivity contribution in [2.45, 2.75) is 45.1 Å². The first kappa shape index (κ1) is 18.0. The predicted octanol–water partition coefficient (Wildman–Crippen LogP) is 4.60. The van der Waals surface area contributed by atoms with Gasteiger partial charge in [0.15, 0.2) is 0 Å². The van der Waals surface area contributed by atoms with Crippen LogP contribution < -0.4 is 20.7 Å². The van der Waals surface area contributed by atoms with Gasteiger partial charge in [-0.05, 0) is 49.6 Å². The van der Waals surface area contributed by atoms with Crippen molar-refractivity contribution in [2.24, 2.45) is 0 Å². The first-order chi connectivity index (χ1) is 12.6. The Hall–Kier alpha value is -2.76. The Bertz CT molecular complexity index is 740. The zero-order valence-corrected chi connectivity index (χ0v) is 15.3. The lowest BCUT2D eigenvalue weighted by Crippen LogP contribution is -2.39. The van der Waals surface area contributed by atoms with Crippen molar-refractivity contribution in [2.75, 3.05) is 17.7 Å². The number of nitrogens with zero attached hydrogens (tertiary/aromatic N) is 1. The molecule has 1 aliphatic rings. The highest BCUT2D eigenvalue weighted by Gasteiger charge is 2.15. The van der Waals surface area contributed by atoms with E-state index < -0.39 is 0 Å². The number of carbonyl (C=O) groups is 1. The van der Waals surface area contributed by atoms with Crippen molar-refractivity contribution in [3.05, 3.63) is 42.1 Å². The van der Waals surface area contributed by atoms with Crippen LogP contribution in [0.4, 0.5) is 22.0 Å². The van der Waals surface area contributed by atoms with Gasteiger partial charge in [-0.3, -0.25) is 5.32 Å². The Morgan fingerprint density at radius 1 is 1.15 bits per heavy atom. The van der Waals surface area contributed by atoms with E-state index in [1.165, 1.54) is 19.3 Å². The van der Waals surface area contributed by atoms with Gasteiger partial charge in [0.05, 0.1) is 24.7 Å². The summed E-state index contributed by atoms with van der Waals surface area (Å²) < 4.78 is 5.37. The van der Waals surface area contributed by atoms with Crippen LogP contribution >= 0.6 is 0 Å². The first-order valence-electron chi connectivity index (χ1n) is 9.09. The zero-order chi connectivity index (χ0) is 18.4. The summed E-state index contributed by atoms with van der Waals surface area (Å²) in [6, 6.07) is 9.69. The highest BCUT2D eigenvalue weighted by Crippen LogP contribution is 2.28. The fourth-order valence-electron chi connectivity index (χ4n) is 3.20. The van der Waals surface area contributed by atoms with Gasteiger partial charge in [-0.25, -0.2) is 9.78 Å². The fourth-order valence-corrected chi connectivity index (χ4v) is 3.20. The van der Waals surface area contributed by atoms with E-state index in [0.29, 0.717) is 5.82 Å². The smallest absolute Gasteiger partial charge is 0.320 e. The molecule has 1 aliphatic carbocycles. The number of aromatic nitrogens is 1. The lowest BCUT2D eigenvalue weighted by Gasteiger charge is -2.22. The summed E-state index contributed by atoms with van der Waals surface area (Å²) in [5.41, 5.74) is 2.84. The van der Waals surface area contributed by atoms with Crippen LogP contribution in [0.3, 0.4) is 0 Å². The number of aryl methyl sites for hydroxylation is 1. The van der Waals surface area contributed by atoms with Crippen LogP contribution in [-0.4, -0.2) is 24.2 Å². The number of amides is 2. The maximum atomic E-state index is 12.1. The third-order valence-corrected chi connectivity index (χ3v) is 4.58. The lowest BCUT2D eigenvalue weighted by atomic mass is 9.96. The molecule has 6 nitrogen and oxygen atoms in total. The van der Waals surface area contributed by atoms with E-state index in [0.717, 1.165) is 35.5 Å². The molecule has 0 aliphatic heterocycles. The first-order valence-corrected chi connectivity index (χ1v) is 9.09. The molecule has 3 N–H and O–H groups in total. The average Bonchev–Trinajstić information content (AvgIpc) is 2.64. The number of rotatable bonds is 5. The Balaban J connectivity index is 1.58. The summed E-state index contributed by atoms with van der Waals surface area (Å²) in [7, 11) is 1.64. The second kappa shape index (κ2) is 8.56. The van der Waals surface area contributed by atoms with Gasteiger partial charge < -0.3 is 15.4 Å². The quantitative estimate of drug-likeness (QED) is 0.734. The Morgan fingerprint density at radius 2 is 1.96 bits per heavy atom. The molecule has 2 aromatic rings. The number of pyridine rings is 1. The van der Waals surface area contributed by atoms with E-state index in [1.807, 2.05) is 31.2 Å². The van der Waals surface area contributed by atoms with Gasteiger partial charge in [-0.2, -0.15) is 0 Å². The topological polar surface area (TPSA) is 75.3 Å². The van der Waals surface area contributed by atoms with Gasteiger partial charge in [0.25, 0.3) is 0 Å². The largest absolute Gasteiger partial charge is 0.495 e. The van der Waals surface area contributed by atoms with Crippen LogP contribution in [0.2, 0.25) is 0 Å². The predicted molar refractivity (Wildman–Crippen MR) is 104 cm³/mol. The molecule has 1 fully saturated rings. The maximum Gasteiger partial charge on any atom is 0.320 e. The maximum absolute atomic E-state index is 12.1. The van der Waals surface area contributed by atoms with Crippen molar-refractivity contribution < 1.29 is 9.53 Å². The summed E-state index contributed by atoms with van der Waals surface area (Å²) in [6.45, 7) is 2.03. The van der Waals surface area contributed by atoms with E-state index in [2.05, 4.69) is 20.9 Å². The molecule has 2 amide bonds. The highest BCUT2D eigenvalue weighted by molar-refractivity contribution is 5.88. The molecular formula is C20H26N4O2. The molecule has 0 bridgehead atoms. The van der Waals surface area contributed by atoms with Crippen LogP contribution in [0.15, 0.2) is 36.5 Å². The number of carbonyl (C=O) groups excluding carboxylic acids is 1. The third kappa shape index (κ3) is 4.88. The van der Waals surface area contributed by atoms with E-state index in [-0.39, 0.29) is 12.1 Å². The molecule has 0 atom stereocenters.